The molecule has 62 valence electrons. The van der Waals surface area contributed by atoms with Crippen LogP contribution in [0.2, 0.25) is 0 Å². The van der Waals surface area contributed by atoms with Crippen LogP contribution in [0.4, 0.5) is 0 Å². The second-order valence-electron chi connectivity index (χ2n) is 4.20. The second kappa shape index (κ2) is 2.96. The number of ketones is 1. The van der Waals surface area contributed by atoms with Gasteiger partial charge in [0.1, 0.15) is 5.78 Å². The molecular formula is C10H16O. The second-order valence-corrected chi connectivity index (χ2v) is 4.20. The van der Waals surface area contributed by atoms with Gasteiger partial charge in [-0.25, -0.2) is 0 Å². The van der Waals surface area contributed by atoms with E-state index in [4.69, 9.17) is 0 Å². The van der Waals surface area contributed by atoms with Crippen molar-refractivity contribution >= 4 is 5.78 Å². The molecule has 2 aliphatic carbocycles. The molecule has 11 heavy (non-hydrogen) atoms. The van der Waals surface area contributed by atoms with Crippen molar-refractivity contribution in [2.45, 2.75) is 44.9 Å². The maximum atomic E-state index is 10.7. The van der Waals surface area contributed by atoms with E-state index in [1.165, 1.54) is 32.1 Å². The lowest BCUT2D eigenvalue weighted by Gasteiger charge is -2.26. The molecule has 0 atom stereocenters. The molecule has 0 radical (unpaired) electrons. The first-order chi connectivity index (χ1) is 5.34. The van der Waals surface area contributed by atoms with Crippen LogP contribution in [0.3, 0.4) is 0 Å². The predicted octanol–water partition coefficient (Wildman–Crippen LogP) is 2.55. The molecule has 0 unspecified atom stereocenters. The van der Waals surface area contributed by atoms with Crippen LogP contribution in [0.1, 0.15) is 44.9 Å². The SMILES string of the molecule is O=C1CC(CC2CCCC2)C1. The number of hydrogen-bond acceptors (Lipinski definition) is 1. The lowest BCUT2D eigenvalue weighted by atomic mass is 9.77. The van der Waals surface area contributed by atoms with Crippen LogP contribution in [-0.4, -0.2) is 5.78 Å². The molecule has 0 N–H and O–H groups in total. The van der Waals surface area contributed by atoms with Crippen molar-refractivity contribution in [2.75, 3.05) is 0 Å². The smallest absolute Gasteiger partial charge is 0.133 e. The van der Waals surface area contributed by atoms with E-state index in [1.54, 1.807) is 0 Å². The highest BCUT2D eigenvalue weighted by molar-refractivity contribution is 5.84. The summed E-state index contributed by atoms with van der Waals surface area (Å²) in [5.74, 6) is 2.26. The summed E-state index contributed by atoms with van der Waals surface area (Å²) in [5.41, 5.74) is 0. The summed E-state index contributed by atoms with van der Waals surface area (Å²) < 4.78 is 0. The van der Waals surface area contributed by atoms with Crippen molar-refractivity contribution in [3.8, 4) is 0 Å². The Hall–Kier alpha value is -0.330. The van der Waals surface area contributed by atoms with E-state index in [-0.39, 0.29) is 0 Å². The van der Waals surface area contributed by atoms with Gasteiger partial charge in [0.2, 0.25) is 0 Å². The fraction of sp³-hybridized carbons (Fsp3) is 0.900. The van der Waals surface area contributed by atoms with E-state index in [0.717, 1.165) is 24.7 Å². The monoisotopic (exact) mass is 152 g/mol. The molecule has 0 spiro atoms. The first kappa shape index (κ1) is 7.33. The van der Waals surface area contributed by atoms with Gasteiger partial charge in [-0.1, -0.05) is 25.7 Å². The van der Waals surface area contributed by atoms with Gasteiger partial charge in [-0.3, -0.25) is 4.79 Å². The minimum absolute atomic E-state index is 0.494. The highest BCUT2D eigenvalue weighted by Gasteiger charge is 2.29. The van der Waals surface area contributed by atoms with Crippen molar-refractivity contribution in [2.24, 2.45) is 11.8 Å². The Kier molecular flexibility index (Phi) is 1.97. The van der Waals surface area contributed by atoms with Crippen LogP contribution in [0.5, 0.6) is 0 Å². The molecule has 0 bridgehead atoms. The van der Waals surface area contributed by atoms with E-state index in [0.29, 0.717) is 5.78 Å². The van der Waals surface area contributed by atoms with E-state index in [1.807, 2.05) is 0 Å². The van der Waals surface area contributed by atoms with Gasteiger partial charge in [-0.2, -0.15) is 0 Å². The summed E-state index contributed by atoms with van der Waals surface area (Å²) in [5, 5.41) is 0. The maximum absolute atomic E-state index is 10.7. The van der Waals surface area contributed by atoms with Crippen LogP contribution in [0, 0.1) is 11.8 Å². The third-order valence-corrected chi connectivity index (χ3v) is 3.17. The molecule has 1 nitrogen and oxygen atoms in total. The molecule has 0 aromatic rings. The maximum Gasteiger partial charge on any atom is 0.133 e. The van der Waals surface area contributed by atoms with E-state index in [9.17, 15) is 4.79 Å². The third kappa shape index (κ3) is 1.63. The normalized spacial score (nSPS) is 27.5. The minimum Gasteiger partial charge on any atom is -0.300 e. The van der Waals surface area contributed by atoms with Crippen molar-refractivity contribution < 1.29 is 4.79 Å². The zero-order valence-corrected chi connectivity index (χ0v) is 7.01. The average molecular weight is 152 g/mol. The number of rotatable bonds is 2. The zero-order chi connectivity index (χ0) is 7.68. The lowest BCUT2D eigenvalue weighted by molar-refractivity contribution is -0.127. The van der Waals surface area contributed by atoms with Crippen molar-refractivity contribution in [3.05, 3.63) is 0 Å². The van der Waals surface area contributed by atoms with Crippen molar-refractivity contribution in [1.82, 2.24) is 0 Å². The Labute approximate surface area is 68.2 Å². The van der Waals surface area contributed by atoms with Gasteiger partial charge in [-0.05, 0) is 18.3 Å². The molecule has 2 aliphatic rings. The average Bonchev–Trinajstić information content (AvgIpc) is 2.36. The van der Waals surface area contributed by atoms with Gasteiger partial charge in [0.25, 0.3) is 0 Å². The van der Waals surface area contributed by atoms with Gasteiger partial charge < -0.3 is 0 Å². The largest absolute Gasteiger partial charge is 0.300 e. The molecule has 0 heterocycles. The fourth-order valence-corrected chi connectivity index (χ4v) is 2.47. The lowest BCUT2D eigenvalue weighted by Crippen LogP contribution is -2.24. The number of Topliss-reactive ketones (excluding diaryl/α,β-unsaturated/α-hetero) is 1. The van der Waals surface area contributed by atoms with Gasteiger partial charge in [0, 0.05) is 12.8 Å². The topological polar surface area (TPSA) is 17.1 Å². The fourth-order valence-electron chi connectivity index (χ4n) is 2.47. The molecule has 0 amide bonds. The van der Waals surface area contributed by atoms with Crippen LogP contribution in [0.25, 0.3) is 0 Å². The summed E-state index contributed by atoms with van der Waals surface area (Å²) in [4.78, 5) is 10.7. The van der Waals surface area contributed by atoms with E-state index >= 15 is 0 Å². The summed E-state index contributed by atoms with van der Waals surface area (Å²) >= 11 is 0. The zero-order valence-electron chi connectivity index (χ0n) is 7.01. The van der Waals surface area contributed by atoms with Crippen LogP contribution >= 0.6 is 0 Å². The molecule has 2 rings (SSSR count). The molecule has 2 fully saturated rings. The Morgan fingerprint density at radius 3 is 2.27 bits per heavy atom. The van der Waals surface area contributed by atoms with Gasteiger partial charge in [-0.15, -0.1) is 0 Å². The molecule has 0 aromatic carbocycles. The minimum atomic E-state index is 0.494. The molecule has 1 heteroatoms. The molecular weight excluding hydrogens is 136 g/mol. The Morgan fingerprint density at radius 2 is 1.73 bits per heavy atom. The predicted molar refractivity (Wildman–Crippen MR) is 44.3 cm³/mol. The quantitative estimate of drug-likeness (QED) is 0.594. The summed E-state index contributed by atoms with van der Waals surface area (Å²) in [6, 6.07) is 0. The van der Waals surface area contributed by atoms with E-state index in [2.05, 4.69) is 0 Å². The third-order valence-electron chi connectivity index (χ3n) is 3.17. The molecule has 0 aromatic heterocycles. The van der Waals surface area contributed by atoms with Gasteiger partial charge in [0.15, 0.2) is 0 Å². The highest BCUT2D eigenvalue weighted by Crippen LogP contribution is 2.36. The van der Waals surface area contributed by atoms with Crippen LogP contribution in [0.15, 0.2) is 0 Å². The number of carbonyl (C=O) groups is 1. The Morgan fingerprint density at radius 1 is 1.09 bits per heavy atom. The summed E-state index contributed by atoms with van der Waals surface area (Å²) in [6.45, 7) is 0. The van der Waals surface area contributed by atoms with Gasteiger partial charge in [0.05, 0.1) is 0 Å². The standard InChI is InChI=1S/C10H16O/c11-10-6-9(7-10)5-8-3-1-2-4-8/h8-9H,1-7H2. The number of carbonyl (C=O) groups excluding carboxylic acids is 1. The summed E-state index contributed by atoms with van der Waals surface area (Å²) in [6.07, 6.45) is 8.89. The molecule has 0 saturated heterocycles. The number of hydrogen-bond donors (Lipinski definition) is 0. The highest BCUT2D eigenvalue weighted by atomic mass is 16.1. The molecule has 2 saturated carbocycles. The first-order valence-electron chi connectivity index (χ1n) is 4.86. The van der Waals surface area contributed by atoms with Crippen molar-refractivity contribution in [3.63, 3.8) is 0 Å². The van der Waals surface area contributed by atoms with Crippen LogP contribution < -0.4 is 0 Å². The first-order valence-corrected chi connectivity index (χ1v) is 4.86. The Balaban J connectivity index is 1.69. The summed E-state index contributed by atoms with van der Waals surface area (Å²) in [7, 11) is 0. The van der Waals surface area contributed by atoms with E-state index < -0.39 is 0 Å². The van der Waals surface area contributed by atoms with Crippen molar-refractivity contribution in [1.29, 1.82) is 0 Å². The Bertz CT molecular complexity index is 148. The molecule has 0 aliphatic heterocycles. The van der Waals surface area contributed by atoms with Gasteiger partial charge >= 0.3 is 0 Å². The van der Waals surface area contributed by atoms with Crippen LogP contribution in [-0.2, 0) is 4.79 Å².